The van der Waals surface area contributed by atoms with Crippen molar-refractivity contribution in [2.24, 2.45) is 34.5 Å². The Morgan fingerprint density at radius 3 is 2.30 bits per heavy atom. The zero-order valence-electron chi connectivity index (χ0n) is 17.6. The van der Waals surface area contributed by atoms with E-state index < -0.39 is 0 Å². The van der Waals surface area contributed by atoms with Crippen molar-refractivity contribution >= 4 is 11.9 Å². The van der Waals surface area contributed by atoms with Gasteiger partial charge in [-0.3, -0.25) is 9.59 Å². The number of hydrogen-bond acceptors (Lipinski definition) is 3. The summed E-state index contributed by atoms with van der Waals surface area (Å²) in [5, 5.41) is 3.28. The zero-order chi connectivity index (χ0) is 19.4. The summed E-state index contributed by atoms with van der Waals surface area (Å²) in [6, 6.07) is 0.367. The molecule has 4 rings (SSSR count). The lowest BCUT2D eigenvalue weighted by Crippen LogP contribution is -2.56. The molecule has 4 nitrogen and oxygen atoms in total. The minimum atomic E-state index is -0.124. The predicted molar refractivity (Wildman–Crippen MR) is 105 cm³/mol. The Morgan fingerprint density at radius 2 is 1.59 bits per heavy atom. The second-order valence-electron chi connectivity index (χ2n) is 10.5. The third-order valence-electron chi connectivity index (χ3n) is 9.33. The van der Waals surface area contributed by atoms with Gasteiger partial charge in [0.15, 0.2) is 0 Å². The first kappa shape index (κ1) is 19.3. The summed E-state index contributed by atoms with van der Waals surface area (Å²) in [5.41, 5.74) is 0.692. The predicted octanol–water partition coefficient (Wildman–Crippen LogP) is 4.47. The molecule has 0 unspecified atom stereocenters. The van der Waals surface area contributed by atoms with Crippen LogP contribution in [0.25, 0.3) is 0 Å². The highest BCUT2D eigenvalue weighted by atomic mass is 16.5. The molecule has 4 aliphatic carbocycles. The van der Waals surface area contributed by atoms with Crippen LogP contribution in [0.1, 0.15) is 85.5 Å². The van der Waals surface area contributed by atoms with Gasteiger partial charge in [-0.1, -0.05) is 13.8 Å². The van der Waals surface area contributed by atoms with Gasteiger partial charge in [0.25, 0.3) is 0 Å². The average molecular weight is 376 g/mol. The molecule has 0 aromatic heterocycles. The van der Waals surface area contributed by atoms with E-state index >= 15 is 0 Å². The monoisotopic (exact) mass is 375 g/mol. The van der Waals surface area contributed by atoms with Crippen LogP contribution in [0.5, 0.6) is 0 Å². The zero-order valence-corrected chi connectivity index (χ0v) is 17.6. The molecule has 8 atom stereocenters. The molecule has 0 spiro atoms. The van der Waals surface area contributed by atoms with E-state index in [0.29, 0.717) is 17.4 Å². The summed E-state index contributed by atoms with van der Waals surface area (Å²) < 4.78 is 5.58. The van der Waals surface area contributed by atoms with Gasteiger partial charge in [-0.05, 0) is 92.3 Å². The summed E-state index contributed by atoms with van der Waals surface area (Å²) in [6.07, 6.45) is 11.0. The van der Waals surface area contributed by atoms with Crippen molar-refractivity contribution in [2.75, 3.05) is 0 Å². The van der Waals surface area contributed by atoms with Crippen LogP contribution in [0, 0.1) is 34.5 Å². The van der Waals surface area contributed by atoms with Crippen molar-refractivity contribution in [1.29, 1.82) is 0 Å². The molecule has 0 saturated heterocycles. The normalized spacial score (nSPS) is 48.7. The molecule has 1 N–H and O–H groups in total. The SMILES string of the molecule is CC(=O)N[C@@H]1CC[C@H]2[C@@H]3CC[C@H]4C[C@@H](OC(C)=O)CC[C@]4(C)[C@H]3CC[C@]12C. The Bertz CT molecular complexity index is 619. The van der Waals surface area contributed by atoms with Crippen LogP contribution in [-0.2, 0) is 14.3 Å². The van der Waals surface area contributed by atoms with Crippen LogP contribution >= 0.6 is 0 Å². The largest absolute Gasteiger partial charge is 0.463 e. The number of ether oxygens (including phenoxy) is 1. The highest BCUT2D eigenvalue weighted by Crippen LogP contribution is 2.66. The molecule has 0 radical (unpaired) electrons. The van der Waals surface area contributed by atoms with E-state index in [0.717, 1.165) is 37.0 Å². The standard InChI is InChI=1S/C23H37NO3/c1-14(25)24-21-8-7-19-18-6-5-16-13-17(27-15(2)26)9-11-22(16,3)20(18)10-12-23(19,21)4/h16-21H,5-13H2,1-4H3,(H,24,25)/t16-,17-,18-,19-,20-,21+,22-,23-/m0/s1. The second-order valence-corrected chi connectivity index (χ2v) is 10.5. The van der Waals surface area contributed by atoms with Gasteiger partial charge in [0.05, 0.1) is 0 Å². The van der Waals surface area contributed by atoms with E-state index in [9.17, 15) is 9.59 Å². The van der Waals surface area contributed by atoms with Crippen LogP contribution in [0.2, 0.25) is 0 Å². The lowest BCUT2D eigenvalue weighted by atomic mass is 9.45. The summed E-state index contributed by atoms with van der Waals surface area (Å²) in [6.45, 7) is 8.20. The van der Waals surface area contributed by atoms with E-state index in [4.69, 9.17) is 4.74 Å². The second kappa shape index (κ2) is 6.77. The highest BCUT2D eigenvalue weighted by molar-refractivity contribution is 5.73. The molecule has 0 heterocycles. The van der Waals surface area contributed by atoms with Crippen molar-refractivity contribution in [3.8, 4) is 0 Å². The number of fused-ring (bicyclic) bond motifs is 5. The van der Waals surface area contributed by atoms with Crippen molar-refractivity contribution in [3.63, 3.8) is 0 Å². The average Bonchev–Trinajstić information content (AvgIpc) is 2.91. The molecule has 1 amide bonds. The third kappa shape index (κ3) is 3.11. The Kier molecular flexibility index (Phi) is 4.83. The first-order chi connectivity index (χ1) is 12.7. The fourth-order valence-corrected chi connectivity index (χ4v) is 8.04. The minimum absolute atomic E-state index is 0.124. The summed E-state index contributed by atoms with van der Waals surface area (Å²) >= 11 is 0. The molecule has 4 fully saturated rings. The minimum Gasteiger partial charge on any atom is -0.463 e. The quantitative estimate of drug-likeness (QED) is 0.725. The molecule has 0 aliphatic heterocycles. The molecular formula is C23H37NO3. The lowest BCUT2D eigenvalue weighted by Gasteiger charge is -2.61. The van der Waals surface area contributed by atoms with E-state index in [1.165, 1.54) is 45.4 Å². The Hall–Kier alpha value is -1.06. The van der Waals surface area contributed by atoms with Gasteiger partial charge in [-0.25, -0.2) is 0 Å². The van der Waals surface area contributed by atoms with Crippen molar-refractivity contribution in [3.05, 3.63) is 0 Å². The summed E-state index contributed by atoms with van der Waals surface area (Å²) in [4.78, 5) is 23.1. The maximum absolute atomic E-state index is 11.7. The van der Waals surface area contributed by atoms with Crippen LogP contribution in [-0.4, -0.2) is 24.0 Å². The highest BCUT2D eigenvalue weighted by Gasteiger charge is 2.60. The molecule has 4 aliphatic rings. The third-order valence-corrected chi connectivity index (χ3v) is 9.33. The Labute approximate surface area is 164 Å². The number of rotatable bonds is 2. The number of esters is 1. The van der Waals surface area contributed by atoms with Gasteiger partial charge in [0.2, 0.25) is 5.91 Å². The Balaban J connectivity index is 1.51. The number of hydrogen-bond donors (Lipinski definition) is 1. The van der Waals surface area contributed by atoms with Crippen LogP contribution in [0.3, 0.4) is 0 Å². The van der Waals surface area contributed by atoms with Gasteiger partial charge in [0, 0.05) is 19.9 Å². The molecule has 152 valence electrons. The molecular weight excluding hydrogens is 338 g/mol. The first-order valence-electron chi connectivity index (χ1n) is 11.2. The van der Waals surface area contributed by atoms with Gasteiger partial charge >= 0.3 is 5.97 Å². The smallest absolute Gasteiger partial charge is 0.302 e. The fourth-order valence-electron chi connectivity index (χ4n) is 8.04. The molecule has 0 aromatic carbocycles. The number of carbonyl (C=O) groups is 2. The summed E-state index contributed by atoms with van der Waals surface area (Å²) in [5.74, 6) is 3.09. The molecule has 27 heavy (non-hydrogen) atoms. The van der Waals surface area contributed by atoms with E-state index in [1.807, 2.05) is 0 Å². The van der Waals surface area contributed by atoms with Crippen molar-refractivity contribution in [1.82, 2.24) is 5.32 Å². The van der Waals surface area contributed by atoms with Crippen LogP contribution in [0.4, 0.5) is 0 Å². The summed E-state index contributed by atoms with van der Waals surface area (Å²) in [7, 11) is 0. The van der Waals surface area contributed by atoms with E-state index in [2.05, 4.69) is 19.2 Å². The van der Waals surface area contributed by atoms with Gasteiger partial charge < -0.3 is 10.1 Å². The fraction of sp³-hybridized carbons (Fsp3) is 0.913. The van der Waals surface area contributed by atoms with Crippen LogP contribution in [0.15, 0.2) is 0 Å². The number of nitrogens with one attached hydrogen (secondary N) is 1. The topological polar surface area (TPSA) is 55.4 Å². The van der Waals surface area contributed by atoms with E-state index in [1.54, 1.807) is 6.92 Å². The number of amides is 1. The molecule has 0 bridgehead atoms. The molecule has 4 heteroatoms. The van der Waals surface area contributed by atoms with Gasteiger partial charge in [-0.2, -0.15) is 0 Å². The van der Waals surface area contributed by atoms with Crippen molar-refractivity contribution in [2.45, 2.75) is 97.6 Å². The Morgan fingerprint density at radius 1 is 0.889 bits per heavy atom. The van der Waals surface area contributed by atoms with Crippen molar-refractivity contribution < 1.29 is 14.3 Å². The maximum atomic E-state index is 11.7. The molecule has 4 saturated carbocycles. The van der Waals surface area contributed by atoms with Gasteiger partial charge in [0.1, 0.15) is 6.10 Å². The first-order valence-corrected chi connectivity index (χ1v) is 11.2. The lowest BCUT2D eigenvalue weighted by molar-refractivity contribution is -0.159. The molecule has 0 aromatic rings. The number of carbonyl (C=O) groups excluding carboxylic acids is 2. The maximum Gasteiger partial charge on any atom is 0.302 e. The van der Waals surface area contributed by atoms with Crippen LogP contribution < -0.4 is 5.32 Å². The van der Waals surface area contributed by atoms with E-state index in [-0.39, 0.29) is 23.4 Å². The van der Waals surface area contributed by atoms with Gasteiger partial charge in [-0.15, -0.1) is 0 Å².